The summed E-state index contributed by atoms with van der Waals surface area (Å²) in [5, 5.41) is 4.71. The van der Waals surface area contributed by atoms with Gasteiger partial charge in [-0.05, 0) is 33.6 Å². The fraction of sp³-hybridized carbons (Fsp3) is 0.812. The van der Waals surface area contributed by atoms with E-state index in [-0.39, 0.29) is 5.54 Å². The molecule has 0 aromatic carbocycles. The van der Waals surface area contributed by atoms with Gasteiger partial charge in [-0.25, -0.2) is 4.98 Å². The second-order valence-electron chi connectivity index (χ2n) is 6.97. The van der Waals surface area contributed by atoms with Crippen molar-refractivity contribution in [1.29, 1.82) is 0 Å². The molecule has 1 aliphatic carbocycles. The number of hydrogen-bond acceptors (Lipinski definition) is 4. The first-order valence-electron chi connectivity index (χ1n) is 7.88. The maximum atomic E-state index is 4.63. The Balaban J connectivity index is 1.93. The van der Waals surface area contributed by atoms with Crippen molar-refractivity contribution in [2.75, 3.05) is 11.9 Å². The van der Waals surface area contributed by atoms with Gasteiger partial charge in [0.1, 0.15) is 0 Å². The standard InChI is InChI=1S/C16H29N3S/c1-16(2,3)18-12-14-11-17-15(20-14)19(4)13-9-7-5-6-8-10-13/h11,13,18H,5-10,12H2,1-4H3. The lowest BCUT2D eigenvalue weighted by Gasteiger charge is -2.26. The topological polar surface area (TPSA) is 28.2 Å². The van der Waals surface area contributed by atoms with E-state index in [1.165, 1.54) is 48.5 Å². The van der Waals surface area contributed by atoms with E-state index < -0.39 is 0 Å². The first-order valence-corrected chi connectivity index (χ1v) is 8.70. The quantitative estimate of drug-likeness (QED) is 0.844. The molecule has 0 spiro atoms. The lowest BCUT2D eigenvalue weighted by atomic mass is 10.1. The van der Waals surface area contributed by atoms with E-state index in [1.807, 2.05) is 17.5 Å². The minimum Gasteiger partial charge on any atom is -0.348 e. The molecule has 1 heterocycles. The van der Waals surface area contributed by atoms with Gasteiger partial charge < -0.3 is 10.2 Å². The van der Waals surface area contributed by atoms with Gasteiger partial charge in [-0.3, -0.25) is 0 Å². The third-order valence-corrected chi connectivity index (χ3v) is 5.10. The molecule has 0 aliphatic heterocycles. The highest BCUT2D eigenvalue weighted by atomic mass is 32.1. The Morgan fingerprint density at radius 1 is 1.25 bits per heavy atom. The summed E-state index contributed by atoms with van der Waals surface area (Å²) in [5.41, 5.74) is 0.164. The van der Waals surface area contributed by atoms with Crippen LogP contribution in [0, 0.1) is 0 Å². The summed E-state index contributed by atoms with van der Waals surface area (Å²) in [4.78, 5) is 8.37. The van der Waals surface area contributed by atoms with Crippen LogP contribution in [0.5, 0.6) is 0 Å². The van der Waals surface area contributed by atoms with Gasteiger partial charge in [0.2, 0.25) is 0 Å². The van der Waals surface area contributed by atoms with Crippen LogP contribution in [0.2, 0.25) is 0 Å². The van der Waals surface area contributed by atoms with Crippen LogP contribution in [-0.2, 0) is 6.54 Å². The molecule has 0 unspecified atom stereocenters. The van der Waals surface area contributed by atoms with Crippen LogP contribution < -0.4 is 10.2 Å². The van der Waals surface area contributed by atoms with Crippen molar-refractivity contribution in [2.24, 2.45) is 0 Å². The maximum absolute atomic E-state index is 4.63. The van der Waals surface area contributed by atoms with E-state index in [1.54, 1.807) is 0 Å². The number of rotatable bonds is 4. The van der Waals surface area contributed by atoms with E-state index in [2.05, 4.69) is 43.0 Å². The van der Waals surface area contributed by atoms with Crippen molar-refractivity contribution in [2.45, 2.75) is 77.4 Å². The molecule has 20 heavy (non-hydrogen) atoms. The fourth-order valence-corrected chi connectivity index (χ4v) is 3.58. The molecule has 0 saturated heterocycles. The highest BCUT2D eigenvalue weighted by Crippen LogP contribution is 2.28. The normalized spacial score (nSPS) is 18.0. The van der Waals surface area contributed by atoms with E-state index in [0.29, 0.717) is 6.04 Å². The van der Waals surface area contributed by atoms with Crippen LogP contribution in [0.25, 0.3) is 0 Å². The van der Waals surface area contributed by atoms with E-state index >= 15 is 0 Å². The molecule has 114 valence electrons. The average Bonchev–Trinajstić information content (AvgIpc) is 2.69. The van der Waals surface area contributed by atoms with Crippen LogP contribution in [-0.4, -0.2) is 23.6 Å². The Hall–Kier alpha value is -0.610. The Morgan fingerprint density at radius 3 is 2.50 bits per heavy atom. The van der Waals surface area contributed by atoms with Crippen LogP contribution in [0.4, 0.5) is 5.13 Å². The zero-order chi connectivity index (χ0) is 14.6. The molecule has 1 aromatic rings. The lowest BCUT2D eigenvalue weighted by molar-refractivity contribution is 0.426. The monoisotopic (exact) mass is 295 g/mol. The summed E-state index contributed by atoms with van der Waals surface area (Å²) in [7, 11) is 2.22. The molecule has 1 fully saturated rings. The molecular weight excluding hydrogens is 266 g/mol. The molecule has 0 atom stereocenters. The van der Waals surface area contributed by atoms with Crippen LogP contribution in [0.15, 0.2) is 6.20 Å². The van der Waals surface area contributed by atoms with Crippen molar-refractivity contribution < 1.29 is 0 Å². The summed E-state index contributed by atoms with van der Waals surface area (Å²) >= 11 is 1.83. The third-order valence-electron chi connectivity index (χ3n) is 4.01. The fourth-order valence-electron chi connectivity index (χ4n) is 2.70. The van der Waals surface area contributed by atoms with Crippen molar-refractivity contribution in [3.8, 4) is 0 Å². The minimum absolute atomic E-state index is 0.164. The van der Waals surface area contributed by atoms with Crippen molar-refractivity contribution in [3.05, 3.63) is 11.1 Å². The predicted octanol–water partition coefficient (Wildman–Crippen LogP) is 4.19. The summed E-state index contributed by atoms with van der Waals surface area (Å²) < 4.78 is 0. The van der Waals surface area contributed by atoms with Gasteiger partial charge in [0.15, 0.2) is 5.13 Å². The molecule has 0 amide bonds. The van der Waals surface area contributed by atoms with E-state index in [4.69, 9.17) is 0 Å². The average molecular weight is 295 g/mol. The highest BCUT2D eigenvalue weighted by Gasteiger charge is 2.19. The molecule has 1 aromatic heterocycles. The SMILES string of the molecule is CN(c1ncc(CNC(C)(C)C)s1)C1CCCCCC1. The zero-order valence-electron chi connectivity index (χ0n) is 13.4. The summed E-state index contributed by atoms with van der Waals surface area (Å²) in [6, 6.07) is 0.687. The van der Waals surface area contributed by atoms with Gasteiger partial charge >= 0.3 is 0 Å². The molecule has 1 saturated carbocycles. The molecular formula is C16H29N3S. The number of hydrogen-bond donors (Lipinski definition) is 1. The van der Waals surface area contributed by atoms with Gasteiger partial charge in [-0.15, -0.1) is 11.3 Å². The number of anilines is 1. The predicted molar refractivity (Wildman–Crippen MR) is 88.6 cm³/mol. The summed E-state index contributed by atoms with van der Waals surface area (Å²) in [6.45, 7) is 7.52. The molecule has 0 radical (unpaired) electrons. The van der Waals surface area contributed by atoms with Gasteiger partial charge in [0, 0.05) is 36.2 Å². The smallest absolute Gasteiger partial charge is 0.185 e. The third kappa shape index (κ3) is 4.74. The highest BCUT2D eigenvalue weighted by molar-refractivity contribution is 7.15. The second kappa shape index (κ2) is 6.90. The van der Waals surface area contributed by atoms with Gasteiger partial charge in [-0.1, -0.05) is 25.7 Å². The molecule has 3 nitrogen and oxygen atoms in total. The number of nitrogens with zero attached hydrogens (tertiary/aromatic N) is 2. The first-order chi connectivity index (χ1) is 9.46. The van der Waals surface area contributed by atoms with Gasteiger partial charge in [-0.2, -0.15) is 0 Å². The Kier molecular flexibility index (Phi) is 5.44. The number of nitrogens with one attached hydrogen (secondary N) is 1. The Labute approximate surface area is 127 Å². The number of thiazole rings is 1. The molecule has 4 heteroatoms. The minimum atomic E-state index is 0.164. The lowest BCUT2D eigenvalue weighted by Crippen LogP contribution is -2.34. The Morgan fingerprint density at radius 2 is 1.90 bits per heavy atom. The summed E-state index contributed by atoms with van der Waals surface area (Å²) in [6.07, 6.45) is 10.2. The molecule has 0 bridgehead atoms. The second-order valence-corrected chi connectivity index (χ2v) is 8.06. The van der Waals surface area contributed by atoms with Crippen molar-refractivity contribution in [3.63, 3.8) is 0 Å². The Bertz CT molecular complexity index is 400. The van der Waals surface area contributed by atoms with Crippen LogP contribution in [0.1, 0.15) is 64.2 Å². The zero-order valence-corrected chi connectivity index (χ0v) is 14.2. The number of aromatic nitrogens is 1. The summed E-state index contributed by atoms with van der Waals surface area (Å²) in [5.74, 6) is 0. The molecule has 1 N–H and O–H groups in total. The molecule has 2 rings (SSSR count). The largest absolute Gasteiger partial charge is 0.348 e. The van der Waals surface area contributed by atoms with Crippen LogP contribution >= 0.6 is 11.3 Å². The van der Waals surface area contributed by atoms with Gasteiger partial charge in [0.05, 0.1) is 0 Å². The van der Waals surface area contributed by atoms with E-state index in [0.717, 1.165) is 6.54 Å². The first kappa shape index (κ1) is 15.8. The van der Waals surface area contributed by atoms with Crippen molar-refractivity contribution >= 4 is 16.5 Å². The van der Waals surface area contributed by atoms with E-state index in [9.17, 15) is 0 Å². The van der Waals surface area contributed by atoms with Crippen LogP contribution in [0.3, 0.4) is 0 Å². The van der Waals surface area contributed by atoms with Crippen molar-refractivity contribution in [1.82, 2.24) is 10.3 Å². The maximum Gasteiger partial charge on any atom is 0.185 e. The molecule has 1 aliphatic rings. The van der Waals surface area contributed by atoms with Gasteiger partial charge in [0.25, 0.3) is 0 Å².